The Labute approximate surface area is 357 Å². The number of rotatable bonds is 13. The number of amides is 4. The molecule has 0 aromatic heterocycles. The number of benzene rings is 4. The van der Waals surface area contributed by atoms with Gasteiger partial charge in [0.2, 0.25) is 0 Å². The minimum absolute atomic E-state index is 0.0571. The van der Waals surface area contributed by atoms with Gasteiger partial charge in [-0.05, 0) is 112 Å². The maximum absolute atomic E-state index is 14.9. The van der Waals surface area contributed by atoms with Crippen molar-refractivity contribution in [3.8, 4) is 11.5 Å². The first-order valence-electron chi connectivity index (χ1n) is 21.8. The van der Waals surface area contributed by atoms with Crippen LogP contribution in [0.25, 0.3) is 10.8 Å². The van der Waals surface area contributed by atoms with Gasteiger partial charge in [0.05, 0.1) is 22.5 Å². The van der Waals surface area contributed by atoms with E-state index in [0.29, 0.717) is 44.0 Å². The van der Waals surface area contributed by atoms with Crippen LogP contribution in [0, 0.1) is 29.6 Å². The van der Waals surface area contributed by atoms with Gasteiger partial charge in [-0.2, -0.15) is 0 Å². The van der Waals surface area contributed by atoms with Crippen molar-refractivity contribution in [1.82, 2.24) is 0 Å². The monoisotopic (exact) mass is 860 g/mol. The Balaban J connectivity index is 1.22. The molecule has 2 heterocycles. The van der Waals surface area contributed by atoms with E-state index in [0.717, 1.165) is 43.2 Å². The van der Waals surface area contributed by atoms with Crippen molar-refractivity contribution in [1.29, 1.82) is 0 Å². The lowest BCUT2D eigenvalue weighted by atomic mass is 9.83. The number of hydrogen-bond acceptors (Lipinski definition) is 6. The number of carbonyl (C=O) groups excluding carboxylic acids is 4. The predicted molar refractivity (Wildman–Crippen MR) is 237 cm³/mol. The summed E-state index contributed by atoms with van der Waals surface area (Å²) in [7, 11) is 0. The third-order valence-electron chi connectivity index (χ3n) is 12.9. The molecule has 59 heavy (non-hydrogen) atoms. The summed E-state index contributed by atoms with van der Waals surface area (Å²) < 4.78 is 13.5. The van der Waals surface area contributed by atoms with Gasteiger partial charge in [0.1, 0.15) is 23.7 Å². The van der Waals surface area contributed by atoms with Crippen LogP contribution in [0.15, 0.2) is 59.1 Å². The van der Waals surface area contributed by atoms with E-state index >= 15 is 0 Å². The Morgan fingerprint density at radius 3 is 1.64 bits per heavy atom. The summed E-state index contributed by atoms with van der Waals surface area (Å²) in [5, 5.41) is 0.668. The number of hydrogen-bond donors (Lipinski definition) is 0. The molecule has 0 atom stereocenters. The van der Waals surface area contributed by atoms with Gasteiger partial charge in [0, 0.05) is 38.5 Å². The van der Waals surface area contributed by atoms with Gasteiger partial charge in [-0.15, -0.1) is 0 Å². The molecule has 2 fully saturated rings. The zero-order chi connectivity index (χ0) is 42.0. The van der Waals surface area contributed by atoms with Gasteiger partial charge in [-0.25, -0.2) is 9.80 Å². The smallest absolute Gasteiger partial charge is 0.267 e. The molecule has 2 aliphatic heterocycles. The molecule has 4 amide bonds. The van der Waals surface area contributed by atoms with E-state index in [-0.39, 0.29) is 64.1 Å². The zero-order valence-electron chi connectivity index (χ0n) is 35.7. The Bertz CT molecular complexity index is 2340. The molecule has 8 rings (SSSR count). The quantitative estimate of drug-likeness (QED) is 0.124. The van der Waals surface area contributed by atoms with Crippen molar-refractivity contribution in [2.45, 2.75) is 125 Å². The molecule has 0 N–H and O–H groups in total. The van der Waals surface area contributed by atoms with Crippen LogP contribution < -0.4 is 19.3 Å². The number of carbonyl (C=O) groups is 4. The van der Waals surface area contributed by atoms with Crippen molar-refractivity contribution in [3.63, 3.8) is 0 Å². The van der Waals surface area contributed by atoms with Crippen LogP contribution in [0.5, 0.6) is 11.5 Å². The second kappa shape index (κ2) is 16.2. The summed E-state index contributed by atoms with van der Waals surface area (Å²) in [5.74, 6) is 0.943. The normalized spacial score (nSPS) is 17.3. The number of ether oxygens (including phenoxy) is 2. The number of halogens is 1. The minimum atomic E-state index is -0.506. The maximum Gasteiger partial charge on any atom is 0.267 e. The molecule has 4 aliphatic rings. The first-order valence-corrected chi connectivity index (χ1v) is 22.6. The maximum atomic E-state index is 14.9. The Kier molecular flexibility index (Phi) is 11.3. The van der Waals surface area contributed by atoms with E-state index in [9.17, 15) is 19.2 Å². The van der Waals surface area contributed by atoms with E-state index in [4.69, 9.17) is 9.47 Å². The van der Waals surface area contributed by atoms with E-state index in [1.54, 1.807) is 18.2 Å². The Morgan fingerprint density at radius 1 is 0.576 bits per heavy atom. The lowest BCUT2D eigenvalue weighted by Crippen LogP contribution is -2.44. The van der Waals surface area contributed by atoms with E-state index in [2.05, 4.69) is 71.3 Å². The van der Waals surface area contributed by atoms with Gasteiger partial charge in [0.15, 0.2) is 0 Å². The predicted octanol–water partition coefficient (Wildman–Crippen LogP) is 12.3. The van der Waals surface area contributed by atoms with Crippen LogP contribution in [0.2, 0.25) is 0 Å². The molecule has 8 nitrogen and oxygen atoms in total. The summed E-state index contributed by atoms with van der Waals surface area (Å²) in [6.07, 6.45) is 8.37. The SMILES string of the molecule is CC(C)C(Oc1ccc(CC2CCCCC2)c(N2C(=O)c3ccc4c5c(c(Br)cc(c35)C2=O)C(=O)N(c2cc(OC(C(C)C)C(C)C)ccc2C2CC2)C4=O)c1)C(C)C. The molecule has 2 saturated carbocycles. The third kappa shape index (κ3) is 7.51. The largest absolute Gasteiger partial charge is 0.490 e. The lowest BCUT2D eigenvalue weighted by Gasteiger charge is -2.34. The molecule has 4 aromatic rings. The van der Waals surface area contributed by atoms with Gasteiger partial charge < -0.3 is 9.47 Å². The highest BCUT2D eigenvalue weighted by molar-refractivity contribution is 9.10. The van der Waals surface area contributed by atoms with Gasteiger partial charge in [-0.3, -0.25) is 19.2 Å². The molecule has 0 bridgehead atoms. The van der Waals surface area contributed by atoms with Crippen LogP contribution in [0.1, 0.15) is 159 Å². The van der Waals surface area contributed by atoms with Gasteiger partial charge in [0.25, 0.3) is 23.6 Å². The Morgan fingerprint density at radius 2 is 1.08 bits per heavy atom. The highest BCUT2D eigenvalue weighted by Gasteiger charge is 2.44. The average molecular weight is 862 g/mol. The molecule has 310 valence electrons. The zero-order valence-corrected chi connectivity index (χ0v) is 37.3. The van der Waals surface area contributed by atoms with Crippen molar-refractivity contribution in [3.05, 3.63) is 92.5 Å². The van der Waals surface area contributed by atoms with Gasteiger partial charge in [-0.1, -0.05) is 99.6 Å². The van der Waals surface area contributed by atoms with Gasteiger partial charge >= 0.3 is 0 Å². The molecule has 2 aliphatic carbocycles. The number of anilines is 2. The fraction of sp³-hybridized carbons (Fsp3) is 0.480. The molecular formula is C50H57BrN2O6. The molecule has 0 spiro atoms. The summed E-state index contributed by atoms with van der Waals surface area (Å²) in [4.78, 5) is 62.0. The summed E-state index contributed by atoms with van der Waals surface area (Å²) >= 11 is 3.69. The van der Waals surface area contributed by atoms with Crippen LogP contribution in [0.3, 0.4) is 0 Å². The molecule has 0 saturated heterocycles. The van der Waals surface area contributed by atoms with Crippen LogP contribution >= 0.6 is 15.9 Å². The highest BCUT2D eigenvalue weighted by atomic mass is 79.9. The molecular weight excluding hydrogens is 804 g/mol. The highest BCUT2D eigenvalue weighted by Crippen LogP contribution is 2.49. The summed E-state index contributed by atoms with van der Waals surface area (Å²) in [6, 6.07) is 16.6. The van der Waals surface area contributed by atoms with Crippen LogP contribution in [0.4, 0.5) is 11.4 Å². The second-order valence-corrected chi connectivity index (χ2v) is 19.6. The number of imide groups is 2. The molecule has 4 aromatic carbocycles. The lowest BCUT2D eigenvalue weighted by molar-refractivity contribution is 0.0871. The average Bonchev–Trinajstić information content (AvgIpc) is 4.04. The standard InChI is InChI=1S/C50H57BrN2O6/c1-26(2)45(27(3)4)58-33-17-16-32(22-30-12-10-9-11-13-30)40(23-33)52-47(54)36-20-21-37-43-42(36)38(49(52)56)25-39(51)44(43)50(57)53(48(37)55)41-24-34(18-19-35(41)31-14-15-31)59-46(28(5)6)29(7)8/h16-21,23-31,45-46H,9-15,22H2,1-8H3. The fourth-order valence-electron chi connectivity index (χ4n) is 9.99. The Hall–Kier alpha value is -4.50. The summed E-state index contributed by atoms with van der Waals surface area (Å²) in [6.45, 7) is 17.0. The number of nitrogens with zero attached hydrogens (tertiary/aromatic N) is 2. The van der Waals surface area contributed by atoms with E-state index in [1.807, 2.05) is 36.4 Å². The fourth-order valence-corrected chi connectivity index (χ4v) is 10.6. The summed E-state index contributed by atoms with van der Waals surface area (Å²) in [5.41, 5.74) is 3.96. The minimum Gasteiger partial charge on any atom is -0.490 e. The van der Waals surface area contributed by atoms with Crippen LogP contribution in [-0.4, -0.2) is 35.8 Å². The molecule has 0 unspecified atom stereocenters. The molecule has 0 radical (unpaired) electrons. The van der Waals surface area contributed by atoms with Crippen molar-refractivity contribution < 1.29 is 28.7 Å². The topological polar surface area (TPSA) is 93.2 Å². The molecule has 9 heteroatoms. The van der Waals surface area contributed by atoms with Crippen molar-refractivity contribution in [2.24, 2.45) is 29.6 Å². The third-order valence-corrected chi connectivity index (χ3v) is 13.5. The van der Waals surface area contributed by atoms with Crippen molar-refractivity contribution in [2.75, 3.05) is 9.80 Å². The second-order valence-electron chi connectivity index (χ2n) is 18.7. The first kappa shape index (κ1) is 41.2. The first-order chi connectivity index (χ1) is 28.2. The van der Waals surface area contributed by atoms with E-state index in [1.165, 1.54) is 29.1 Å². The van der Waals surface area contributed by atoms with Crippen molar-refractivity contribution >= 4 is 61.7 Å². The van der Waals surface area contributed by atoms with E-state index < -0.39 is 23.6 Å². The van der Waals surface area contributed by atoms with Crippen LogP contribution in [-0.2, 0) is 6.42 Å².